The molecule has 7 heteroatoms. The van der Waals surface area contributed by atoms with Gasteiger partial charge in [0.25, 0.3) is 0 Å². The van der Waals surface area contributed by atoms with Crippen molar-refractivity contribution in [3.63, 3.8) is 0 Å². The number of hydrogen-bond donors (Lipinski definition) is 1. The van der Waals surface area contributed by atoms with Gasteiger partial charge >= 0.3 is 0 Å². The fourth-order valence-electron chi connectivity index (χ4n) is 3.91. The maximum atomic E-state index is 13.5. The van der Waals surface area contributed by atoms with Crippen molar-refractivity contribution in [2.75, 3.05) is 18.0 Å². The second-order valence-electron chi connectivity index (χ2n) is 7.47. The molecule has 0 spiro atoms. The monoisotopic (exact) mass is 409 g/mol. The van der Waals surface area contributed by atoms with Gasteiger partial charge < -0.3 is 10.6 Å². The number of nitrogens with two attached hydrogens (primary N) is 1. The summed E-state index contributed by atoms with van der Waals surface area (Å²) >= 11 is 0. The Bertz CT molecular complexity index is 1170. The highest BCUT2D eigenvalue weighted by Gasteiger charge is 2.30. The van der Waals surface area contributed by atoms with E-state index in [0.717, 1.165) is 16.5 Å². The van der Waals surface area contributed by atoms with E-state index in [9.17, 15) is 13.2 Å². The number of benzene rings is 2. The number of anilines is 1. The summed E-state index contributed by atoms with van der Waals surface area (Å²) in [6.45, 7) is 3.11. The third-order valence-electron chi connectivity index (χ3n) is 5.52. The van der Waals surface area contributed by atoms with Crippen molar-refractivity contribution in [1.82, 2.24) is 4.98 Å². The Morgan fingerprint density at radius 1 is 1.10 bits per heavy atom. The fourth-order valence-corrected chi connectivity index (χ4v) is 5.37. The summed E-state index contributed by atoms with van der Waals surface area (Å²) in [5.41, 5.74) is 7.91. The molecule has 1 aromatic heterocycles. The van der Waals surface area contributed by atoms with Crippen molar-refractivity contribution in [1.29, 1.82) is 0 Å². The molecule has 0 atom stereocenters. The zero-order valence-electron chi connectivity index (χ0n) is 16.2. The number of hydrogen-bond acceptors (Lipinski definition) is 5. The lowest BCUT2D eigenvalue weighted by molar-refractivity contribution is -0.122. The van der Waals surface area contributed by atoms with Gasteiger partial charge in [-0.15, -0.1) is 0 Å². The van der Waals surface area contributed by atoms with Gasteiger partial charge in [0.2, 0.25) is 15.7 Å². The molecule has 6 nitrogen and oxygen atoms in total. The lowest BCUT2D eigenvalue weighted by atomic mass is 9.95. The van der Waals surface area contributed by atoms with Gasteiger partial charge in [-0.25, -0.2) is 8.42 Å². The third-order valence-corrected chi connectivity index (χ3v) is 7.29. The molecule has 2 heterocycles. The first-order chi connectivity index (χ1) is 13.9. The lowest BCUT2D eigenvalue weighted by Gasteiger charge is -2.34. The zero-order valence-corrected chi connectivity index (χ0v) is 17.0. The normalized spacial score (nSPS) is 15.6. The molecule has 3 aromatic rings. The summed E-state index contributed by atoms with van der Waals surface area (Å²) in [6, 6.07) is 14.2. The summed E-state index contributed by atoms with van der Waals surface area (Å²) in [7, 11) is -3.75. The first kappa shape index (κ1) is 19.4. The van der Waals surface area contributed by atoms with E-state index in [1.54, 1.807) is 30.3 Å². The van der Waals surface area contributed by atoms with E-state index >= 15 is 0 Å². The van der Waals surface area contributed by atoms with Crippen LogP contribution in [0.1, 0.15) is 18.4 Å². The number of primary amides is 1. The first-order valence-electron chi connectivity index (χ1n) is 9.61. The van der Waals surface area contributed by atoms with Gasteiger partial charge in [-0.05, 0) is 44.0 Å². The van der Waals surface area contributed by atoms with E-state index in [-0.39, 0.29) is 21.6 Å². The number of piperidine rings is 1. The number of rotatable bonds is 4. The highest BCUT2D eigenvalue weighted by Crippen LogP contribution is 2.37. The Morgan fingerprint density at radius 3 is 2.45 bits per heavy atom. The minimum atomic E-state index is -3.75. The van der Waals surface area contributed by atoms with Crippen LogP contribution < -0.4 is 10.6 Å². The smallest absolute Gasteiger partial charge is 0.220 e. The van der Waals surface area contributed by atoms with Crippen molar-refractivity contribution in [3.8, 4) is 0 Å². The molecule has 0 bridgehead atoms. The predicted octanol–water partition coefficient (Wildman–Crippen LogP) is 3.08. The number of aromatic nitrogens is 1. The van der Waals surface area contributed by atoms with Crippen molar-refractivity contribution >= 4 is 32.3 Å². The topological polar surface area (TPSA) is 93.4 Å². The number of pyridine rings is 1. The number of sulfone groups is 1. The second kappa shape index (κ2) is 7.48. The molecule has 1 amide bonds. The molecule has 4 rings (SSSR count). The standard InChI is InChI=1S/C22H23N3O3S/c1-15-7-8-19-18(13-15)21(25-11-9-16(10-12-25)22(23)26)20(14-24-19)29(27,28)17-5-3-2-4-6-17/h2-8,13-14,16H,9-12H2,1H3,(H2,23,26). The number of nitrogens with zero attached hydrogens (tertiary/aromatic N) is 2. The van der Waals surface area contributed by atoms with Crippen LogP contribution in [0.25, 0.3) is 10.9 Å². The van der Waals surface area contributed by atoms with E-state index in [2.05, 4.69) is 9.88 Å². The quantitative estimate of drug-likeness (QED) is 0.715. The minimum Gasteiger partial charge on any atom is -0.370 e. The maximum Gasteiger partial charge on any atom is 0.220 e. The maximum absolute atomic E-state index is 13.5. The molecular weight excluding hydrogens is 386 g/mol. The van der Waals surface area contributed by atoms with Crippen LogP contribution in [0.5, 0.6) is 0 Å². The van der Waals surface area contributed by atoms with Crippen LogP contribution >= 0.6 is 0 Å². The second-order valence-corrected chi connectivity index (χ2v) is 9.39. The Hall–Kier alpha value is -2.93. The van der Waals surface area contributed by atoms with E-state index in [0.29, 0.717) is 31.6 Å². The molecular formula is C22H23N3O3S. The number of aryl methyl sites for hydroxylation is 1. The molecule has 0 saturated carbocycles. The van der Waals surface area contributed by atoms with Crippen molar-refractivity contribution < 1.29 is 13.2 Å². The van der Waals surface area contributed by atoms with Gasteiger partial charge in [0.1, 0.15) is 4.90 Å². The molecule has 29 heavy (non-hydrogen) atoms. The molecule has 150 valence electrons. The average Bonchev–Trinajstić information content (AvgIpc) is 2.73. The van der Waals surface area contributed by atoms with Crippen LogP contribution in [0.4, 0.5) is 5.69 Å². The van der Waals surface area contributed by atoms with Crippen LogP contribution in [0.15, 0.2) is 64.5 Å². The van der Waals surface area contributed by atoms with Crippen molar-refractivity contribution in [2.24, 2.45) is 11.7 Å². The molecule has 1 aliphatic rings. The lowest BCUT2D eigenvalue weighted by Crippen LogP contribution is -2.39. The summed E-state index contributed by atoms with van der Waals surface area (Å²) in [5.74, 6) is -0.465. The molecule has 2 N–H and O–H groups in total. The van der Waals surface area contributed by atoms with Crippen LogP contribution in [0.2, 0.25) is 0 Å². The van der Waals surface area contributed by atoms with Crippen LogP contribution in [0.3, 0.4) is 0 Å². The Labute approximate surface area is 170 Å². The number of amides is 1. The molecule has 0 aliphatic carbocycles. The van der Waals surface area contributed by atoms with Gasteiger partial charge in [0.05, 0.1) is 16.1 Å². The number of carbonyl (C=O) groups is 1. The summed E-state index contributed by atoms with van der Waals surface area (Å²) in [6.07, 6.45) is 2.67. The molecule has 1 aliphatic heterocycles. The summed E-state index contributed by atoms with van der Waals surface area (Å²) in [4.78, 5) is 18.5. The van der Waals surface area contributed by atoms with E-state index in [1.807, 2.05) is 25.1 Å². The Balaban J connectivity index is 1.90. The highest BCUT2D eigenvalue weighted by molar-refractivity contribution is 7.91. The SMILES string of the molecule is Cc1ccc2ncc(S(=O)(=O)c3ccccc3)c(N3CCC(C(N)=O)CC3)c2c1. The van der Waals surface area contributed by atoms with Gasteiger partial charge in [0, 0.05) is 30.6 Å². The molecule has 2 aromatic carbocycles. The first-order valence-corrected chi connectivity index (χ1v) is 11.1. The molecule has 0 unspecified atom stereocenters. The van der Waals surface area contributed by atoms with E-state index < -0.39 is 9.84 Å². The average molecular weight is 410 g/mol. The van der Waals surface area contributed by atoms with Crippen molar-refractivity contribution in [3.05, 3.63) is 60.3 Å². The minimum absolute atomic E-state index is 0.171. The van der Waals surface area contributed by atoms with Crippen LogP contribution in [-0.2, 0) is 14.6 Å². The summed E-state index contributed by atoms with van der Waals surface area (Å²) in [5, 5.41) is 0.805. The fraction of sp³-hybridized carbons (Fsp3) is 0.273. The summed E-state index contributed by atoms with van der Waals surface area (Å²) < 4.78 is 26.9. The van der Waals surface area contributed by atoms with Crippen molar-refractivity contribution in [2.45, 2.75) is 29.6 Å². The largest absolute Gasteiger partial charge is 0.370 e. The van der Waals surface area contributed by atoms with Gasteiger partial charge in [0.15, 0.2) is 0 Å². The zero-order chi connectivity index (χ0) is 20.6. The van der Waals surface area contributed by atoms with Gasteiger partial charge in [-0.2, -0.15) is 0 Å². The number of fused-ring (bicyclic) bond motifs is 1. The molecule has 0 radical (unpaired) electrons. The van der Waals surface area contributed by atoms with E-state index in [4.69, 9.17) is 5.73 Å². The predicted molar refractivity (Wildman–Crippen MR) is 113 cm³/mol. The van der Waals surface area contributed by atoms with Gasteiger partial charge in [-0.1, -0.05) is 29.8 Å². The Kier molecular flexibility index (Phi) is 5.00. The van der Waals surface area contributed by atoms with Crippen LogP contribution in [0, 0.1) is 12.8 Å². The van der Waals surface area contributed by atoms with E-state index in [1.165, 1.54) is 6.20 Å². The Morgan fingerprint density at radius 2 is 1.79 bits per heavy atom. The molecule has 1 saturated heterocycles. The highest BCUT2D eigenvalue weighted by atomic mass is 32.2. The number of carbonyl (C=O) groups excluding carboxylic acids is 1. The third kappa shape index (κ3) is 3.58. The van der Waals surface area contributed by atoms with Gasteiger partial charge in [-0.3, -0.25) is 9.78 Å². The molecule has 1 fully saturated rings. The van der Waals surface area contributed by atoms with Crippen LogP contribution in [-0.4, -0.2) is 32.4 Å².